The molecule has 2 aromatic carbocycles. The van der Waals surface area contributed by atoms with Gasteiger partial charge >= 0.3 is 0 Å². The molecule has 0 atom stereocenters. The van der Waals surface area contributed by atoms with Crippen molar-refractivity contribution in [3.05, 3.63) is 60.3 Å². The predicted octanol–water partition coefficient (Wildman–Crippen LogP) is 5.23. The average molecular weight is 408 g/mol. The van der Waals surface area contributed by atoms with Crippen molar-refractivity contribution < 1.29 is 8.42 Å². The summed E-state index contributed by atoms with van der Waals surface area (Å²) in [4.78, 5) is 5.55. The first-order valence-corrected chi connectivity index (χ1v) is 14.6. The zero-order valence-electron chi connectivity index (χ0n) is 16.9. The molecule has 0 saturated carbocycles. The first kappa shape index (κ1) is 19.1. The number of sulfone groups is 1. The van der Waals surface area contributed by atoms with Gasteiger partial charge in [0.1, 0.15) is 0 Å². The minimum absolute atomic E-state index is 0.389. The lowest BCUT2D eigenvalue weighted by molar-refractivity contribution is 0.598. The molecular formula is C23H25NO2SSi. The highest BCUT2D eigenvalue weighted by molar-refractivity contribution is 7.92. The quantitative estimate of drug-likeness (QED) is 0.437. The summed E-state index contributed by atoms with van der Waals surface area (Å²) in [7, 11) is -4.92. The number of fused-ring (bicyclic) bond motifs is 3. The van der Waals surface area contributed by atoms with Crippen molar-refractivity contribution in [2.24, 2.45) is 0 Å². The molecule has 0 unspecified atom stereocenters. The second kappa shape index (κ2) is 6.39. The maximum atomic E-state index is 12.8. The Morgan fingerprint density at radius 1 is 0.893 bits per heavy atom. The standard InChI is InChI=1S/C23H25NO2SSi/c1-15(2)18-13-20(24-14-23(18)28(3,4)5)16-10-11-22-19(12-16)17-8-6-7-9-21(17)27(22,25)26/h6-15H,1-5H3. The van der Waals surface area contributed by atoms with Crippen molar-refractivity contribution in [3.63, 3.8) is 0 Å². The van der Waals surface area contributed by atoms with Crippen LogP contribution >= 0.6 is 0 Å². The number of hydrogen-bond donors (Lipinski definition) is 0. The van der Waals surface area contributed by atoms with Crippen LogP contribution in [-0.4, -0.2) is 21.5 Å². The fourth-order valence-electron chi connectivity index (χ4n) is 3.91. The lowest BCUT2D eigenvalue weighted by Gasteiger charge is -2.23. The molecule has 1 aromatic heterocycles. The second-order valence-corrected chi connectivity index (χ2v) is 15.7. The molecule has 2 heterocycles. The van der Waals surface area contributed by atoms with Crippen LogP contribution in [0, 0.1) is 0 Å². The van der Waals surface area contributed by atoms with Crippen LogP contribution in [0.4, 0.5) is 0 Å². The van der Waals surface area contributed by atoms with Crippen LogP contribution in [0.5, 0.6) is 0 Å². The molecule has 1 aliphatic heterocycles. The molecule has 144 valence electrons. The summed E-state index contributed by atoms with van der Waals surface area (Å²) in [5.41, 5.74) is 4.75. The third-order valence-electron chi connectivity index (χ3n) is 5.40. The Morgan fingerprint density at radius 2 is 1.57 bits per heavy atom. The van der Waals surface area contributed by atoms with Crippen molar-refractivity contribution in [2.45, 2.75) is 49.2 Å². The lowest BCUT2D eigenvalue weighted by Crippen LogP contribution is -2.40. The van der Waals surface area contributed by atoms with Crippen molar-refractivity contribution in [1.29, 1.82) is 0 Å². The van der Waals surface area contributed by atoms with Gasteiger partial charge in [0.2, 0.25) is 9.84 Å². The van der Waals surface area contributed by atoms with E-state index in [1.807, 2.05) is 30.5 Å². The minimum Gasteiger partial charge on any atom is -0.256 e. The third kappa shape index (κ3) is 2.93. The normalized spacial score (nSPS) is 14.8. The summed E-state index contributed by atoms with van der Waals surface area (Å²) >= 11 is 0. The smallest absolute Gasteiger partial charge is 0.207 e. The van der Waals surface area contributed by atoms with Gasteiger partial charge < -0.3 is 0 Å². The first-order chi connectivity index (χ1) is 13.1. The van der Waals surface area contributed by atoms with Gasteiger partial charge in [0.15, 0.2) is 0 Å². The third-order valence-corrected chi connectivity index (χ3v) is 9.30. The Bertz CT molecular complexity index is 1190. The van der Waals surface area contributed by atoms with Crippen LogP contribution in [0.2, 0.25) is 19.6 Å². The number of aromatic nitrogens is 1. The van der Waals surface area contributed by atoms with E-state index in [2.05, 4.69) is 39.6 Å². The van der Waals surface area contributed by atoms with E-state index in [1.54, 1.807) is 18.2 Å². The Hall–Kier alpha value is -2.24. The fraction of sp³-hybridized carbons (Fsp3) is 0.261. The van der Waals surface area contributed by atoms with Crippen molar-refractivity contribution in [2.75, 3.05) is 0 Å². The van der Waals surface area contributed by atoms with Gasteiger partial charge in [-0.3, -0.25) is 4.98 Å². The van der Waals surface area contributed by atoms with Crippen LogP contribution in [0.25, 0.3) is 22.4 Å². The number of pyridine rings is 1. The number of nitrogens with zero attached hydrogens (tertiary/aromatic N) is 1. The van der Waals surface area contributed by atoms with E-state index >= 15 is 0 Å². The van der Waals surface area contributed by atoms with Gasteiger partial charge in [-0.1, -0.05) is 57.8 Å². The predicted molar refractivity (Wildman–Crippen MR) is 118 cm³/mol. The zero-order chi connectivity index (χ0) is 20.3. The van der Waals surface area contributed by atoms with E-state index in [9.17, 15) is 8.42 Å². The first-order valence-electron chi connectivity index (χ1n) is 9.60. The largest absolute Gasteiger partial charge is 0.256 e. The van der Waals surface area contributed by atoms with Crippen LogP contribution in [0.15, 0.2) is 64.5 Å². The summed E-state index contributed by atoms with van der Waals surface area (Å²) in [5, 5.41) is 1.39. The molecule has 3 nitrogen and oxygen atoms in total. The molecule has 0 fully saturated rings. The van der Waals surface area contributed by atoms with Crippen molar-refractivity contribution in [1.82, 2.24) is 4.98 Å². The van der Waals surface area contributed by atoms with E-state index in [-0.39, 0.29) is 0 Å². The van der Waals surface area contributed by atoms with Gasteiger partial charge in [-0.15, -0.1) is 0 Å². The Balaban J connectivity index is 1.89. The molecular weight excluding hydrogens is 382 g/mol. The van der Waals surface area contributed by atoms with E-state index in [1.165, 1.54) is 10.8 Å². The molecule has 0 bridgehead atoms. The molecule has 1 aliphatic rings. The second-order valence-electron chi connectivity index (χ2n) is 8.77. The Labute approximate surface area is 168 Å². The monoisotopic (exact) mass is 407 g/mol. The summed E-state index contributed by atoms with van der Waals surface area (Å²) in [5.74, 6) is 0.416. The Kier molecular flexibility index (Phi) is 4.36. The van der Waals surface area contributed by atoms with Gasteiger partial charge in [-0.2, -0.15) is 0 Å². The van der Waals surface area contributed by atoms with Crippen molar-refractivity contribution in [3.8, 4) is 22.4 Å². The molecule has 3 aromatic rings. The van der Waals surface area contributed by atoms with Gasteiger partial charge in [0.05, 0.1) is 23.6 Å². The molecule has 28 heavy (non-hydrogen) atoms. The molecule has 0 saturated heterocycles. The molecule has 0 amide bonds. The SMILES string of the molecule is CC(C)c1cc(-c2ccc3c(c2)-c2ccccc2S3(=O)=O)ncc1[Si](C)(C)C. The van der Waals surface area contributed by atoms with E-state index in [0.29, 0.717) is 15.7 Å². The molecule has 0 radical (unpaired) electrons. The van der Waals surface area contributed by atoms with Gasteiger partial charge in [-0.05, 0) is 40.9 Å². The molecule has 4 rings (SSSR count). The fourth-order valence-corrected chi connectivity index (χ4v) is 7.26. The summed E-state index contributed by atoms with van der Waals surface area (Å²) in [6.07, 6.45) is 2.04. The van der Waals surface area contributed by atoms with Crippen LogP contribution in [0.1, 0.15) is 25.3 Å². The maximum Gasteiger partial charge on any atom is 0.207 e. The average Bonchev–Trinajstić information content (AvgIpc) is 2.88. The minimum atomic E-state index is -3.43. The summed E-state index contributed by atoms with van der Waals surface area (Å²) in [6, 6.07) is 15.0. The molecule has 0 aliphatic carbocycles. The van der Waals surface area contributed by atoms with Gasteiger partial charge in [0.25, 0.3) is 0 Å². The topological polar surface area (TPSA) is 47.0 Å². The molecule has 0 spiro atoms. The van der Waals surface area contributed by atoms with Gasteiger partial charge in [-0.25, -0.2) is 8.42 Å². The van der Waals surface area contributed by atoms with E-state index < -0.39 is 17.9 Å². The molecule has 5 heteroatoms. The summed E-state index contributed by atoms with van der Waals surface area (Å²) in [6.45, 7) is 11.5. The number of rotatable bonds is 3. The highest BCUT2D eigenvalue weighted by atomic mass is 32.2. The number of benzene rings is 2. The lowest BCUT2D eigenvalue weighted by atomic mass is 9.98. The van der Waals surface area contributed by atoms with Crippen LogP contribution in [0.3, 0.4) is 0 Å². The highest BCUT2D eigenvalue weighted by Crippen LogP contribution is 2.44. The number of hydrogen-bond acceptors (Lipinski definition) is 3. The summed E-state index contributed by atoms with van der Waals surface area (Å²) < 4.78 is 25.6. The van der Waals surface area contributed by atoms with E-state index in [0.717, 1.165) is 22.4 Å². The highest BCUT2D eigenvalue weighted by Gasteiger charge is 2.32. The van der Waals surface area contributed by atoms with E-state index in [4.69, 9.17) is 4.98 Å². The zero-order valence-corrected chi connectivity index (χ0v) is 18.8. The van der Waals surface area contributed by atoms with Crippen LogP contribution < -0.4 is 5.19 Å². The molecule has 0 N–H and O–H groups in total. The van der Waals surface area contributed by atoms with Crippen LogP contribution in [-0.2, 0) is 9.84 Å². The Morgan fingerprint density at radius 3 is 2.25 bits per heavy atom. The van der Waals surface area contributed by atoms with Gasteiger partial charge in [0, 0.05) is 22.9 Å². The maximum absolute atomic E-state index is 12.8. The van der Waals surface area contributed by atoms with Crippen molar-refractivity contribution >= 4 is 23.1 Å².